The largest absolute Gasteiger partial charge is 0.477 e. The van der Waals surface area contributed by atoms with Gasteiger partial charge in [0.05, 0.1) is 10.7 Å². The summed E-state index contributed by atoms with van der Waals surface area (Å²) < 4.78 is 0. The van der Waals surface area contributed by atoms with Crippen molar-refractivity contribution in [3.8, 4) is 0 Å². The molecule has 0 aromatic carbocycles. The zero-order valence-electron chi connectivity index (χ0n) is 10.2. The van der Waals surface area contributed by atoms with Crippen LogP contribution >= 0.6 is 11.3 Å². The van der Waals surface area contributed by atoms with Gasteiger partial charge in [-0.1, -0.05) is 32.1 Å². The van der Waals surface area contributed by atoms with Crippen molar-refractivity contribution in [2.45, 2.75) is 57.8 Å². The van der Waals surface area contributed by atoms with Crippen LogP contribution in [0.2, 0.25) is 0 Å². The van der Waals surface area contributed by atoms with Crippen LogP contribution < -0.4 is 0 Å². The summed E-state index contributed by atoms with van der Waals surface area (Å²) in [7, 11) is 0. The molecular formula is C13H19NO2S. The fourth-order valence-corrected chi connectivity index (χ4v) is 3.57. The maximum absolute atomic E-state index is 11.0. The quantitative estimate of drug-likeness (QED) is 0.867. The Morgan fingerprint density at radius 1 is 1.24 bits per heavy atom. The predicted molar refractivity (Wildman–Crippen MR) is 68.9 cm³/mol. The highest BCUT2D eigenvalue weighted by Crippen LogP contribution is 2.34. The third-order valence-corrected chi connectivity index (χ3v) is 4.77. The van der Waals surface area contributed by atoms with Crippen LogP contribution in [0.5, 0.6) is 0 Å². The van der Waals surface area contributed by atoms with E-state index in [9.17, 15) is 4.79 Å². The van der Waals surface area contributed by atoms with Gasteiger partial charge in [0.15, 0.2) is 0 Å². The maximum Gasteiger partial charge on any atom is 0.347 e. The molecule has 0 atom stereocenters. The molecule has 2 rings (SSSR count). The first-order valence-electron chi connectivity index (χ1n) is 6.39. The Labute approximate surface area is 106 Å². The second kappa shape index (κ2) is 5.63. The van der Waals surface area contributed by atoms with E-state index in [1.807, 2.05) is 0 Å². The number of rotatable bonds is 2. The van der Waals surface area contributed by atoms with E-state index in [1.54, 1.807) is 6.92 Å². The van der Waals surface area contributed by atoms with Gasteiger partial charge in [-0.15, -0.1) is 11.3 Å². The zero-order chi connectivity index (χ0) is 12.3. The van der Waals surface area contributed by atoms with E-state index in [0.717, 1.165) is 5.01 Å². The van der Waals surface area contributed by atoms with Gasteiger partial charge in [0.1, 0.15) is 4.88 Å². The van der Waals surface area contributed by atoms with Crippen molar-refractivity contribution in [3.05, 3.63) is 15.6 Å². The van der Waals surface area contributed by atoms with Gasteiger partial charge in [-0.3, -0.25) is 0 Å². The number of thiazole rings is 1. The summed E-state index contributed by atoms with van der Waals surface area (Å²) >= 11 is 1.38. The van der Waals surface area contributed by atoms with Gasteiger partial charge in [0.25, 0.3) is 0 Å². The summed E-state index contributed by atoms with van der Waals surface area (Å²) in [4.78, 5) is 15.9. The molecule has 1 aliphatic carbocycles. The van der Waals surface area contributed by atoms with Crippen molar-refractivity contribution in [3.63, 3.8) is 0 Å². The van der Waals surface area contributed by atoms with Crippen LogP contribution in [0.15, 0.2) is 0 Å². The van der Waals surface area contributed by atoms with E-state index in [-0.39, 0.29) is 0 Å². The van der Waals surface area contributed by atoms with Crippen molar-refractivity contribution in [2.24, 2.45) is 0 Å². The standard InChI is InChI=1S/C13H19NO2S/c1-9-11(13(15)16)17-12(14-9)10-7-5-3-2-4-6-8-10/h10H,2-8H2,1H3,(H,15,16). The second-order valence-electron chi connectivity index (χ2n) is 4.81. The first kappa shape index (κ1) is 12.6. The summed E-state index contributed by atoms with van der Waals surface area (Å²) in [5, 5.41) is 10.1. The Hall–Kier alpha value is -0.900. The Morgan fingerprint density at radius 2 is 1.82 bits per heavy atom. The summed E-state index contributed by atoms with van der Waals surface area (Å²) in [6, 6.07) is 0. The van der Waals surface area contributed by atoms with Crippen LogP contribution in [0.4, 0.5) is 0 Å². The number of aromatic nitrogens is 1. The normalized spacial score (nSPS) is 18.6. The van der Waals surface area contributed by atoms with Crippen LogP contribution in [-0.2, 0) is 0 Å². The maximum atomic E-state index is 11.0. The molecule has 4 heteroatoms. The Bertz CT molecular complexity index is 392. The molecule has 0 unspecified atom stereocenters. The molecule has 1 aromatic rings. The molecular weight excluding hydrogens is 234 g/mol. The van der Waals surface area contributed by atoms with Crippen LogP contribution in [0.1, 0.15) is 71.2 Å². The molecule has 0 spiro atoms. The number of hydrogen-bond donors (Lipinski definition) is 1. The van der Waals surface area contributed by atoms with Crippen molar-refractivity contribution in [2.75, 3.05) is 0 Å². The molecule has 1 heterocycles. The summed E-state index contributed by atoms with van der Waals surface area (Å²) in [6.45, 7) is 1.80. The molecule has 3 nitrogen and oxygen atoms in total. The van der Waals surface area contributed by atoms with E-state index in [1.165, 1.54) is 56.3 Å². The third kappa shape index (κ3) is 3.06. The minimum atomic E-state index is -0.836. The number of nitrogens with zero attached hydrogens (tertiary/aromatic N) is 1. The highest BCUT2D eigenvalue weighted by atomic mass is 32.1. The van der Waals surface area contributed by atoms with E-state index < -0.39 is 5.97 Å². The Morgan fingerprint density at radius 3 is 2.35 bits per heavy atom. The van der Waals surface area contributed by atoms with Crippen molar-refractivity contribution in [1.82, 2.24) is 4.98 Å². The number of carboxylic acid groups (broad SMARTS) is 1. The molecule has 94 valence electrons. The second-order valence-corrected chi connectivity index (χ2v) is 5.84. The SMILES string of the molecule is Cc1nc(C2CCCCCCC2)sc1C(=O)O. The molecule has 1 fully saturated rings. The minimum Gasteiger partial charge on any atom is -0.477 e. The van der Waals surface area contributed by atoms with Crippen molar-refractivity contribution >= 4 is 17.3 Å². The van der Waals surface area contributed by atoms with Gasteiger partial charge >= 0.3 is 5.97 Å². The van der Waals surface area contributed by atoms with E-state index in [0.29, 0.717) is 16.5 Å². The lowest BCUT2D eigenvalue weighted by molar-refractivity contribution is 0.0701. The molecule has 17 heavy (non-hydrogen) atoms. The first-order valence-corrected chi connectivity index (χ1v) is 7.20. The lowest BCUT2D eigenvalue weighted by Crippen LogP contribution is -2.01. The van der Waals surface area contributed by atoms with Crippen molar-refractivity contribution < 1.29 is 9.90 Å². The molecule has 1 saturated carbocycles. The van der Waals surface area contributed by atoms with Crippen LogP contribution in [0.25, 0.3) is 0 Å². The van der Waals surface area contributed by atoms with Gasteiger partial charge < -0.3 is 5.11 Å². The Kier molecular flexibility index (Phi) is 4.15. The minimum absolute atomic E-state index is 0.419. The number of hydrogen-bond acceptors (Lipinski definition) is 3. The number of carboxylic acids is 1. The monoisotopic (exact) mass is 253 g/mol. The smallest absolute Gasteiger partial charge is 0.347 e. The van der Waals surface area contributed by atoms with Crippen LogP contribution in [0, 0.1) is 6.92 Å². The fourth-order valence-electron chi connectivity index (χ4n) is 2.49. The summed E-state index contributed by atoms with van der Waals surface area (Å²) in [5.74, 6) is -0.343. The van der Waals surface area contributed by atoms with Crippen molar-refractivity contribution in [1.29, 1.82) is 0 Å². The molecule has 0 saturated heterocycles. The highest BCUT2D eigenvalue weighted by Gasteiger charge is 2.21. The fraction of sp³-hybridized carbons (Fsp3) is 0.692. The number of aryl methyl sites for hydroxylation is 1. The van der Waals surface area contributed by atoms with Gasteiger partial charge in [-0.25, -0.2) is 9.78 Å². The predicted octanol–water partition coefficient (Wildman–Crippen LogP) is 3.98. The average Bonchev–Trinajstić information content (AvgIpc) is 2.59. The van der Waals surface area contributed by atoms with Gasteiger partial charge in [0.2, 0.25) is 0 Å². The molecule has 0 bridgehead atoms. The van der Waals surface area contributed by atoms with Gasteiger partial charge in [-0.05, 0) is 19.8 Å². The van der Waals surface area contributed by atoms with Gasteiger partial charge in [-0.2, -0.15) is 0 Å². The highest BCUT2D eigenvalue weighted by molar-refractivity contribution is 7.13. The topological polar surface area (TPSA) is 50.2 Å². The first-order chi connectivity index (χ1) is 8.18. The van der Waals surface area contributed by atoms with Gasteiger partial charge in [0, 0.05) is 5.92 Å². The average molecular weight is 253 g/mol. The van der Waals surface area contributed by atoms with Crippen LogP contribution in [0.3, 0.4) is 0 Å². The lowest BCUT2D eigenvalue weighted by atomic mass is 9.92. The molecule has 1 N–H and O–H groups in total. The number of carbonyl (C=O) groups is 1. The summed E-state index contributed by atoms with van der Waals surface area (Å²) in [5.41, 5.74) is 0.680. The summed E-state index contributed by atoms with van der Waals surface area (Å²) in [6.07, 6.45) is 8.83. The molecule has 0 radical (unpaired) electrons. The van der Waals surface area contributed by atoms with Crippen LogP contribution in [-0.4, -0.2) is 16.1 Å². The zero-order valence-corrected chi connectivity index (χ0v) is 11.1. The van der Waals surface area contributed by atoms with E-state index >= 15 is 0 Å². The molecule has 1 aliphatic rings. The molecule has 0 amide bonds. The van der Waals surface area contributed by atoms with E-state index in [2.05, 4.69) is 4.98 Å². The lowest BCUT2D eigenvalue weighted by Gasteiger charge is -2.17. The molecule has 1 aromatic heterocycles. The molecule has 0 aliphatic heterocycles. The Balaban J connectivity index is 2.14. The third-order valence-electron chi connectivity index (χ3n) is 3.46. The van der Waals surface area contributed by atoms with E-state index in [4.69, 9.17) is 5.11 Å². The number of aromatic carboxylic acids is 1.